The van der Waals surface area contributed by atoms with E-state index in [0.29, 0.717) is 10.6 Å². The molecule has 2 N–H and O–H groups in total. The zero-order chi connectivity index (χ0) is 10.5. The molecule has 0 saturated heterocycles. The fourth-order valence-electron chi connectivity index (χ4n) is 1.27. The fourth-order valence-corrected chi connectivity index (χ4v) is 1.27. The molecule has 7 nitrogen and oxygen atoms in total. The number of imidazole rings is 1. The second-order valence-electron chi connectivity index (χ2n) is 2.98. The lowest BCUT2D eigenvalue weighted by molar-refractivity contribution is 0.177. The largest absolute Gasteiger partial charge is 0.422 e. The average molecular weight is 196 g/mol. The van der Waals surface area contributed by atoms with Gasteiger partial charge in [0.1, 0.15) is 5.82 Å². The highest BCUT2D eigenvalue weighted by molar-refractivity contribution is 5.69. The highest BCUT2D eigenvalue weighted by atomic mass is 16.5. The number of fused-ring (bicyclic) bond motifs is 1. The number of aromatic nitrogens is 4. The quantitative estimate of drug-likeness (QED) is 0.527. The lowest BCUT2D eigenvalue weighted by Crippen LogP contribution is -2.37. The highest BCUT2D eigenvalue weighted by Gasteiger charge is 2.12. The zero-order valence-corrected chi connectivity index (χ0v) is 7.61. The van der Waals surface area contributed by atoms with Crippen LogP contribution < -0.4 is 11.2 Å². The SMILES string of the molecule is Cc1nc2c([nH]1)c(=O)n(C)c(=O)n2O. The van der Waals surface area contributed by atoms with Crippen LogP contribution in [-0.2, 0) is 7.05 Å². The zero-order valence-electron chi connectivity index (χ0n) is 7.61. The number of aromatic amines is 1. The Hall–Kier alpha value is -2.05. The first-order valence-electron chi connectivity index (χ1n) is 3.90. The molecule has 2 aromatic heterocycles. The number of H-pyrrole nitrogens is 1. The van der Waals surface area contributed by atoms with Crippen molar-refractivity contribution in [1.29, 1.82) is 0 Å². The molecule has 7 heteroatoms. The average Bonchev–Trinajstić information content (AvgIpc) is 2.54. The molecule has 74 valence electrons. The van der Waals surface area contributed by atoms with Crippen LogP contribution in [-0.4, -0.2) is 24.5 Å². The monoisotopic (exact) mass is 196 g/mol. The summed E-state index contributed by atoms with van der Waals surface area (Å²) < 4.78 is 1.15. The molecule has 0 aliphatic carbocycles. The molecule has 0 fully saturated rings. The second kappa shape index (κ2) is 2.47. The van der Waals surface area contributed by atoms with Gasteiger partial charge in [-0.15, -0.1) is 4.73 Å². The van der Waals surface area contributed by atoms with Crippen LogP contribution >= 0.6 is 0 Å². The van der Waals surface area contributed by atoms with Crippen LogP contribution in [0.15, 0.2) is 9.59 Å². The fraction of sp³-hybridized carbons (Fsp3) is 0.286. The summed E-state index contributed by atoms with van der Waals surface area (Å²) in [5, 5.41) is 9.34. The summed E-state index contributed by atoms with van der Waals surface area (Å²) in [5.74, 6) is 0.463. The van der Waals surface area contributed by atoms with Crippen molar-refractivity contribution < 1.29 is 5.21 Å². The maximum absolute atomic E-state index is 11.5. The normalized spacial score (nSPS) is 11.0. The first-order valence-corrected chi connectivity index (χ1v) is 3.90. The summed E-state index contributed by atoms with van der Waals surface area (Å²) in [7, 11) is 1.28. The molecule has 0 radical (unpaired) electrons. The summed E-state index contributed by atoms with van der Waals surface area (Å²) in [6.07, 6.45) is 0. The van der Waals surface area contributed by atoms with E-state index in [4.69, 9.17) is 0 Å². The van der Waals surface area contributed by atoms with Crippen molar-refractivity contribution in [3.8, 4) is 0 Å². The molecule has 0 bridgehead atoms. The summed E-state index contributed by atoms with van der Waals surface area (Å²) in [4.78, 5) is 29.2. The number of aryl methyl sites for hydroxylation is 1. The number of nitrogens with one attached hydrogen (secondary N) is 1. The van der Waals surface area contributed by atoms with Crippen LogP contribution in [0.3, 0.4) is 0 Å². The molecule has 0 unspecified atom stereocenters. The standard InChI is InChI=1S/C7H8N4O3/c1-3-8-4-5(9-3)11(14)7(13)10(2)6(4)12/h14H,1-2H3,(H,8,9). The molecule has 0 amide bonds. The molecular weight excluding hydrogens is 188 g/mol. The van der Waals surface area contributed by atoms with Crippen molar-refractivity contribution in [1.82, 2.24) is 19.3 Å². The van der Waals surface area contributed by atoms with Crippen molar-refractivity contribution in [2.24, 2.45) is 7.05 Å². The topological polar surface area (TPSA) is 92.9 Å². The van der Waals surface area contributed by atoms with Crippen LogP contribution in [0.2, 0.25) is 0 Å². The summed E-state index contributed by atoms with van der Waals surface area (Å²) in [6, 6.07) is 0. The lowest BCUT2D eigenvalue weighted by atomic mass is 10.5. The van der Waals surface area contributed by atoms with Gasteiger partial charge in [-0.2, -0.15) is 0 Å². The number of rotatable bonds is 0. The van der Waals surface area contributed by atoms with Gasteiger partial charge in [0, 0.05) is 7.05 Å². The first-order chi connectivity index (χ1) is 6.52. The summed E-state index contributed by atoms with van der Waals surface area (Å²) in [6.45, 7) is 1.63. The van der Waals surface area contributed by atoms with Crippen LogP contribution in [0, 0.1) is 6.92 Å². The Balaban J connectivity index is 3.17. The Bertz CT molecular complexity index is 618. The lowest BCUT2D eigenvalue weighted by Gasteiger charge is -1.99. The molecular formula is C7H8N4O3. The third kappa shape index (κ3) is 0.889. The van der Waals surface area contributed by atoms with Crippen molar-refractivity contribution in [2.45, 2.75) is 6.92 Å². The van der Waals surface area contributed by atoms with Crippen molar-refractivity contribution in [3.05, 3.63) is 26.7 Å². The van der Waals surface area contributed by atoms with Gasteiger partial charge in [-0.05, 0) is 6.92 Å². The Morgan fingerprint density at radius 1 is 1.43 bits per heavy atom. The van der Waals surface area contributed by atoms with Gasteiger partial charge in [-0.1, -0.05) is 0 Å². The van der Waals surface area contributed by atoms with Crippen LogP contribution in [0.5, 0.6) is 0 Å². The van der Waals surface area contributed by atoms with Crippen molar-refractivity contribution >= 4 is 11.2 Å². The van der Waals surface area contributed by atoms with E-state index in [1.165, 1.54) is 7.05 Å². The van der Waals surface area contributed by atoms with Crippen LogP contribution in [0.4, 0.5) is 0 Å². The maximum Gasteiger partial charge on any atom is 0.365 e. The summed E-state index contributed by atoms with van der Waals surface area (Å²) >= 11 is 0. The molecule has 2 aromatic rings. The number of hydrogen-bond donors (Lipinski definition) is 2. The minimum atomic E-state index is -0.811. The molecule has 2 rings (SSSR count). The van der Waals surface area contributed by atoms with E-state index in [9.17, 15) is 14.8 Å². The van der Waals surface area contributed by atoms with E-state index in [2.05, 4.69) is 9.97 Å². The second-order valence-corrected chi connectivity index (χ2v) is 2.98. The Kier molecular flexibility index (Phi) is 1.51. The van der Waals surface area contributed by atoms with Gasteiger partial charge < -0.3 is 10.2 Å². The smallest absolute Gasteiger partial charge is 0.365 e. The molecule has 0 spiro atoms. The molecule has 2 heterocycles. The van der Waals surface area contributed by atoms with E-state index in [-0.39, 0.29) is 11.2 Å². The van der Waals surface area contributed by atoms with E-state index >= 15 is 0 Å². The van der Waals surface area contributed by atoms with Crippen LogP contribution in [0.25, 0.3) is 11.2 Å². The van der Waals surface area contributed by atoms with E-state index < -0.39 is 11.2 Å². The van der Waals surface area contributed by atoms with Gasteiger partial charge in [0.2, 0.25) is 5.65 Å². The predicted molar refractivity (Wildman–Crippen MR) is 47.5 cm³/mol. The minimum Gasteiger partial charge on any atom is -0.422 e. The third-order valence-corrected chi connectivity index (χ3v) is 1.99. The molecule has 0 atom stereocenters. The first kappa shape index (κ1) is 8.54. The van der Waals surface area contributed by atoms with Gasteiger partial charge in [0.05, 0.1) is 0 Å². The summed E-state index contributed by atoms with van der Waals surface area (Å²) in [5.41, 5.74) is -1.24. The highest BCUT2D eigenvalue weighted by Crippen LogP contribution is 2.01. The maximum atomic E-state index is 11.5. The van der Waals surface area contributed by atoms with Gasteiger partial charge in [-0.25, -0.2) is 9.78 Å². The van der Waals surface area contributed by atoms with E-state index in [0.717, 1.165) is 4.57 Å². The van der Waals surface area contributed by atoms with E-state index in [1.807, 2.05) is 0 Å². The third-order valence-electron chi connectivity index (χ3n) is 1.99. The number of hydrogen-bond acceptors (Lipinski definition) is 4. The van der Waals surface area contributed by atoms with Gasteiger partial charge >= 0.3 is 5.69 Å². The van der Waals surface area contributed by atoms with Gasteiger partial charge in [0.25, 0.3) is 5.56 Å². The van der Waals surface area contributed by atoms with Crippen molar-refractivity contribution in [3.63, 3.8) is 0 Å². The molecule has 0 saturated carbocycles. The molecule has 0 aromatic carbocycles. The number of nitrogens with zero attached hydrogens (tertiary/aromatic N) is 3. The van der Waals surface area contributed by atoms with E-state index in [1.54, 1.807) is 6.92 Å². The van der Waals surface area contributed by atoms with Gasteiger partial charge in [-0.3, -0.25) is 9.36 Å². The minimum absolute atomic E-state index is 0.0457. The van der Waals surface area contributed by atoms with Gasteiger partial charge in [0.15, 0.2) is 5.52 Å². The molecule has 0 aliphatic rings. The Labute approximate surface area is 77.2 Å². The predicted octanol–water partition coefficient (Wildman–Crippen LogP) is -1.03. The Morgan fingerprint density at radius 2 is 2.07 bits per heavy atom. The Morgan fingerprint density at radius 3 is 2.71 bits per heavy atom. The molecule has 0 aliphatic heterocycles. The molecule has 14 heavy (non-hydrogen) atoms. The van der Waals surface area contributed by atoms with Crippen LogP contribution in [0.1, 0.15) is 5.82 Å². The van der Waals surface area contributed by atoms with Crippen molar-refractivity contribution in [2.75, 3.05) is 0 Å².